The zero-order valence-corrected chi connectivity index (χ0v) is 12.9. The van der Waals surface area contributed by atoms with Crippen LogP contribution < -0.4 is 10.6 Å². The minimum Gasteiger partial charge on any atom is -0.352 e. The largest absolute Gasteiger partial charge is 0.352 e. The summed E-state index contributed by atoms with van der Waals surface area (Å²) in [6, 6.07) is 5.18. The average molecular weight is 354 g/mol. The Bertz CT molecular complexity index is 423. The second-order valence-electron chi connectivity index (χ2n) is 4.19. The van der Waals surface area contributed by atoms with Crippen LogP contribution in [0.2, 0.25) is 5.02 Å². The number of benzene rings is 1. The van der Waals surface area contributed by atoms with Crippen LogP contribution in [0.4, 0.5) is 0 Å². The highest BCUT2D eigenvalue weighted by Gasteiger charge is 2.16. The van der Waals surface area contributed by atoms with E-state index in [1.807, 2.05) is 0 Å². The molecule has 1 fully saturated rings. The molecule has 0 aromatic heterocycles. The molecule has 3 nitrogen and oxygen atoms in total. The predicted molar refractivity (Wildman–Crippen MR) is 79.7 cm³/mol. The van der Waals surface area contributed by atoms with E-state index in [1.54, 1.807) is 18.2 Å². The molecule has 1 amide bonds. The lowest BCUT2D eigenvalue weighted by Gasteiger charge is -2.11. The maximum atomic E-state index is 11.9. The maximum absolute atomic E-state index is 11.9. The van der Waals surface area contributed by atoms with E-state index in [0.29, 0.717) is 16.5 Å². The Morgan fingerprint density at radius 1 is 1.56 bits per heavy atom. The number of carbonyl (C=O) groups is 1. The number of hydrogen-bond donors (Lipinski definition) is 2. The average Bonchev–Trinajstić information content (AvgIpc) is 2.78. The van der Waals surface area contributed by atoms with Gasteiger partial charge < -0.3 is 10.6 Å². The molecule has 1 aliphatic heterocycles. The Morgan fingerprint density at radius 2 is 2.33 bits per heavy atom. The zero-order chi connectivity index (χ0) is 12.3. The summed E-state index contributed by atoms with van der Waals surface area (Å²) in [4.78, 5) is 11.9. The van der Waals surface area contributed by atoms with E-state index in [9.17, 15) is 4.79 Å². The summed E-state index contributed by atoms with van der Waals surface area (Å²) >= 11 is 9.18. The lowest BCUT2D eigenvalue weighted by Crippen LogP contribution is -2.30. The second kappa shape index (κ2) is 7.34. The number of carbonyl (C=O) groups excluding carboxylic acids is 1. The minimum absolute atomic E-state index is 0. The number of amides is 1. The first kappa shape index (κ1) is 15.8. The maximum Gasteiger partial charge on any atom is 0.252 e. The second-order valence-corrected chi connectivity index (χ2v) is 5.48. The fourth-order valence-electron chi connectivity index (χ4n) is 1.89. The van der Waals surface area contributed by atoms with Crippen LogP contribution >= 0.6 is 39.9 Å². The minimum atomic E-state index is -0.0551. The molecule has 1 aliphatic rings. The van der Waals surface area contributed by atoms with E-state index in [1.165, 1.54) is 0 Å². The van der Waals surface area contributed by atoms with Crippen LogP contribution in [0.3, 0.4) is 0 Å². The number of rotatable bonds is 3. The Kier molecular flexibility index (Phi) is 6.43. The molecule has 1 aromatic carbocycles. The normalized spacial score (nSPS) is 18.2. The first-order valence-electron chi connectivity index (χ1n) is 5.61. The van der Waals surface area contributed by atoms with Crippen LogP contribution in [0.5, 0.6) is 0 Å². The van der Waals surface area contributed by atoms with Crippen molar-refractivity contribution in [3.8, 4) is 0 Å². The Balaban J connectivity index is 0.00000162. The van der Waals surface area contributed by atoms with Crippen LogP contribution in [0, 0.1) is 5.92 Å². The van der Waals surface area contributed by atoms with Crippen LogP contribution in [-0.4, -0.2) is 25.5 Å². The van der Waals surface area contributed by atoms with Gasteiger partial charge in [0.25, 0.3) is 5.91 Å². The van der Waals surface area contributed by atoms with Gasteiger partial charge in [-0.1, -0.05) is 11.6 Å². The Morgan fingerprint density at radius 3 is 2.94 bits per heavy atom. The van der Waals surface area contributed by atoms with Crippen LogP contribution in [-0.2, 0) is 0 Å². The Labute approximate surface area is 126 Å². The molecular formula is C12H15BrCl2N2O. The molecule has 2 N–H and O–H groups in total. The summed E-state index contributed by atoms with van der Waals surface area (Å²) in [7, 11) is 0. The summed E-state index contributed by atoms with van der Waals surface area (Å²) in [5.74, 6) is 0.491. The van der Waals surface area contributed by atoms with Crippen molar-refractivity contribution < 1.29 is 4.79 Å². The molecular weight excluding hydrogens is 339 g/mol. The lowest BCUT2D eigenvalue weighted by atomic mass is 10.1. The first-order valence-corrected chi connectivity index (χ1v) is 6.78. The molecule has 18 heavy (non-hydrogen) atoms. The standard InChI is InChI=1S/C12H14BrClN2O.ClH/c13-11-5-9(14)1-2-10(11)12(17)16-7-8-3-4-15-6-8;/h1-2,5,8,15H,3-4,6-7H2,(H,16,17);1H. The Hall–Kier alpha value is -0.290. The van der Waals surface area contributed by atoms with E-state index in [2.05, 4.69) is 26.6 Å². The van der Waals surface area contributed by atoms with Crippen molar-refractivity contribution in [2.75, 3.05) is 19.6 Å². The van der Waals surface area contributed by atoms with Crippen molar-refractivity contribution in [3.63, 3.8) is 0 Å². The van der Waals surface area contributed by atoms with E-state index < -0.39 is 0 Å². The molecule has 2 rings (SSSR count). The molecule has 6 heteroatoms. The first-order chi connectivity index (χ1) is 8.16. The van der Waals surface area contributed by atoms with Crippen molar-refractivity contribution in [1.29, 1.82) is 0 Å². The molecule has 100 valence electrons. The molecule has 1 aromatic rings. The molecule has 0 bridgehead atoms. The lowest BCUT2D eigenvalue weighted by molar-refractivity contribution is 0.0947. The zero-order valence-electron chi connectivity index (χ0n) is 9.71. The van der Waals surface area contributed by atoms with Crippen LogP contribution in [0.15, 0.2) is 22.7 Å². The van der Waals surface area contributed by atoms with Gasteiger partial charge in [0.15, 0.2) is 0 Å². The van der Waals surface area contributed by atoms with Gasteiger partial charge >= 0.3 is 0 Å². The molecule has 1 atom stereocenters. The quantitative estimate of drug-likeness (QED) is 0.877. The van der Waals surface area contributed by atoms with E-state index in [-0.39, 0.29) is 18.3 Å². The number of nitrogens with one attached hydrogen (secondary N) is 2. The van der Waals surface area contributed by atoms with Gasteiger partial charge in [-0.05, 0) is 59.6 Å². The predicted octanol–water partition coefficient (Wildman–Crippen LogP) is 2.86. The van der Waals surface area contributed by atoms with Crippen molar-refractivity contribution >= 4 is 45.8 Å². The van der Waals surface area contributed by atoms with Crippen LogP contribution in [0.1, 0.15) is 16.8 Å². The summed E-state index contributed by atoms with van der Waals surface area (Å²) in [6.45, 7) is 2.76. The van der Waals surface area contributed by atoms with Gasteiger partial charge in [-0.25, -0.2) is 0 Å². The molecule has 0 aliphatic carbocycles. The topological polar surface area (TPSA) is 41.1 Å². The monoisotopic (exact) mass is 352 g/mol. The molecule has 1 saturated heterocycles. The highest BCUT2D eigenvalue weighted by molar-refractivity contribution is 9.10. The smallest absolute Gasteiger partial charge is 0.252 e. The van der Waals surface area contributed by atoms with Gasteiger partial charge in [-0.2, -0.15) is 0 Å². The molecule has 0 saturated carbocycles. The van der Waals surface area contributed by atoms with Gasteiger partial charge in [-0.15, -0.1) is 12.4 Å². The summed E-state index contributed by atoms with van der Waals surface area (Å²) in [5.41, 5.74) is 0.625. The number of halogens is 3. The summed E-state index contributed by atoms with van der Waals surface area (Å²) < 4.78 is 0.729. The highest BCUT2D eigenvalue weighted by atomic mass is 79.9. The third kappa shape index (κ3) is 4.12. The molecule has 0 radical (unpaired) electrons. The fourth-order valence-corrected chi connectivity index (χ4v) is 2.76. The van der Waals surface area contributed by atoms with Gasteiger partial charge in [-0.3, -0.25) is 4.79 Å². The summed E-state index contributed by atoms with van der Waals surface area (Å²) in [5, 5.41) is 6.84. The highest BCUT2D eigenvalue weighted by Crippen LogP contribution is 2.21. The fraction of sp³-hybridized carbons (Fsp3) is 0.417. The van der Waals surface area contributed by atoms with Crippen molar-refractivity contribution in [2.45, 2.75) is 6.42 Å². The summed E-state index contributed by atoms with van der Waals surface area (Å²) in [6.07, 6.45) is 1.13. The van der Waals surface area contributed by atoms with Gasteiger partial charge in [0.2, 0.25) is 0 Å². The van der Waals surface area contributed by atoms with Gasteiger partial charge in [0.05, 0.1) is 5.56 Å². The van der Waals surface area contributed by atoms with Crippen molar-refractivity contribution in [2.24, 2.45) is 5.92 Å². The van der Waals surface area contributed by atoms with Crippen molar-refractivity contribution in [3.05, 3.63) is 33.3 Å². The van der Waals surface area contributed by atoms with E-state index in [4.69, 9.17) is 11.6 Å². The number of hydrogen-bond acceptors (Lipinski definition) is 2. The third-order valence-electron chi connectivity index (χ3n) is 2.89. The van der Waals surface area contributed by atoms with Crippen LogP contribution in [0.25, 0.3) is 0 Å². The SMILES string of the molecule is Cl.O=C(NCC1CCNC1)c1ccc(Cl)cc1Br. The van der Waals surface area contributed by atoms with Gasteiger partial charge in [0, 0.05) is 16.0 Å². The molecule has 0 spiro atoms. The molecule has 1 heterocycles. The van der Waals surface area contributed by atoms with Gasteiger partial charge in [0.1, 0.15) is 0 Å². The molecule has 1 unspecified atom stereocenters. The third-order valence-corrected chi connectivity index (χ3v) is 3.78. The van der Waals surface area contributed by atoms with E-state index in [0.717, 1.165) is 30.5 Å². The van der Waals surface area contributed by atoms with E-state index >= 15 is 0 Å². The van der Waals surface area contributed by atoms with Crippen molar-refractivity contribution in [1.82, 2.24) is 10.6 Å².